The molecule has 0 saturated carbocycles. The van der Waals surface area contributed by atoms with Crippen LogP contribution in [-0.4, -0.2) is 27.2 Å². The summed E-state index contributed by atoms with van der Waals surface area (Å²) in [7, 11) is 0. The van der Waals surface area contributed by atoms with Gasteiger partial charge >= 0.3 is 5.97 Å². The molecular formula is C21H18FNO5. The maximum atomic E-state index is 12.7. The van der Waals surface area contributed by atoms with E-state index in [0.717, 1.165) is 5.56 Å². The van der Waals surface area contributed by atoms with Crippen molar-refractivity contribution in [1.82, 2.24) is 5.32 Å². The van der Waals surface area contributed by atoms with Crippen LogP contribution in [0, 0.1) is 5.82 Å². The summed E-state index contributed by atoms with van der Waals surface area (Å²) in [6.45, 7) is 0.285. The van der Waals surface area contributed by atoms with Crippen molar-refractivity contribution in [3.05, 3.63) is 95.3 Å². The van der Waals surface area contributed by atoms with E-state index in [1.54, 1.807) is 36.4 Å². The molecule has 0 unspecified atom stereocenters. The molecule has 0 spiro atoms. The normalized spacial score (nSPS) is 9.75. The lowest BCUT2D eigenvalue weighted by atomic mass is 10.1. The number of amides is 1. The number of nitrogens with one attached hydrogen (secondary N) is 1. The first-order valence-electron chi connectivity index (χ1n) is 8.20. The van der Waals surface area contributed by atoms with E-state index in [-0.39, 0.29) is 40.9 Å². The van der Waals surface area contributed by atoms with Gasteiger partial charge < -0.3 is 20.6 Å². The highest BCUT2D eigenvalue weighted by Gasteiger charge is 2.09. The molecule has 3 aromatic rings. The predicted molar refractivity (Wildman–Crippen MR) is 101 cm³/mol. The third-order valence-electron chi connectivity index (χ3n) is 3.65. The number of phenols is 2. The summed E-state index contributed by atoms with van der Waals surface area (Å²) >= 11 is 0. The maximum absolute atomic E-state index is 12.7. The molecule has 4 N–H and O–H groups in total. The van der Waals surface area contributed by atoms with Gasteiger partial charge in [0.25, 0.3) is 5.91 Å². The minimum absolute atomic E-state index is 0.0610. The van der Waals surface area contributed by atoms with E-state index in [9.17, 15) is 19.1 Å². The molecule has 0 atom stereocenters. The molecule has 0 heterocycles. The van der Waals surface area contributed by atoms with E-state index < -0.39 is 5.97 Å². The Hall–Kier alpha value is -3.87. The highest BCUT2D eigenvalue weighted by atomic mass is 19.1. The predicted octanol–water partition coefficient (Wildman–Crippen LogP) is 3.55. The summed E-state index contributed by atoms with van der Waals surface area (Å²) in [4.78, 5) is 22.0. The monoisotopic (exact) mass is 383 g/mol. The highest BCUT2D eigenvalue weighted by Crippen LogP contribution is 2.15. The van der Waals surface area contributed by atoms with Crippen LogP contribution < -0.4 is 5.32 Å². The lowest BCUT2D eigenvalue weighted by Crippen LogP contribution is -2.22. The molecule has 3 rings (SSSR count). The molecule has 0 aliphatic heterocycles. The second-order valence-electron chi connectivity index (χ2n) is 5.65. The van der Waals surface area contributed by atoms with Gasteiger partial charge in [-0.05, 0) is 42.0 Å². The van der Waals surface area contributed by atoms with Gasteiger partial charge in [-0.25, -0.2) is 9.18 Å². The van der Waals surface area contributed by atoms with Crippen LogP contribution >= 0.6 is 0 Å². The molecule has 0 bridgehead atoms. The molecule has 144 valence electrons. The average Bonchev–Trinajstić information content (AvgIpc) is 2.68. The van der Waals surface area contributed by atoms with E-state index in [0.29, 0.717) is 0 Å². The van der Waals surface area contributed by atoms with Crippen LogP contribution in [0.2, 0.25) is 0 Å². The van der Waals surface area contributed by atoms with Crippen molar-refractivity contribution in [3.8, 4) is 11.5 Å². The Labute approximate surface area is 160 Å². The van der Waals surface area contributed by atoms with Gasteiger partial charge in [0.05, 0.1) is 5.56 Å². The van der Waals surface area contributed by atoms with E-state index in [1.807, 2.05) is 0 Å². The number of carboxylic acid groups (broad SMARTS) is 1. The summed E-state index contributed by atoms with van der Waals surface area (Å²) in [5.74, 6) is -2.05. The summed E-state index contributed by atoms with van der Waals surface area (Å²) in [5.41, 5.74) is 0.947. The lowest BCUT2D eigenvalue weighted by Gasteiger charge is -2.06. The molecule has 0 aliphatic carbocycles. The standard InChI is InChI=1S/C14H12FNO2.C7H6O3/c15-11-7-5-10(6-8-11)9-16-14(18)12-3-1-2-4-13(12)17;8-6-4-2-1-3-5(6)7(9)10/h1-8,17H,9H2,(H,16,18);1-4,8H,(H,9,10). The number of hydrogen-bond acceptors (Lipinski definition) is 4. The molecular weight excluding hydrogens is 365 g/mol. The van der Waals surface area contributed by atoms with Gasteiger partial charge in [-0.3, -0.25) is 4.79 Å². The first-order valence-corrected chi connectivity index (χ1v) is 8.20. The second-order valence-corrected chi connectivity index (χ2v) is 5.65. The molecule has 0 fully saturated rings. The van der Waals surface area contributed by atoms with Gasteiger partial charge in [-0.1, -0.05) is 36.4 Å². The second kappa shape index (κ2) is 9.72. The summed E-state index contributed by atoms with van der Waals surface area (Å²) in [6.07, 6.45) is 0. The number of benzene rings is 3. The van der Waals surface area contributed by atoms with Crippen molar-refractivity contribution < 1.29 is 29.3 Å². The Bertz CT molecular complexity index is 957. The highest BCUT2D eigenvalue weighted by molar-refractivity contribution is 5.96. The molecule has 6 nitrogen and oxygen atoms in total. The van der Waals surface area contributed by atoms with Crippen molar-refractivity contribution in [2.75, 3.05) is 0 Å². The maximum Gasteiger partial charge on any atom is 0.339 e. The molecule has 7 heteroatoms. The van der Waals surface area contributed by atoms with Crippen LogP contribution in [0.15, 0.2) is 72.8 Å². The van der Waals surface area contributed by atoms with Gasteiger partial charge in [0.2, 0.25) is 0 Å². The van der Waals surface area contributed by atoms with Crippen molar-refractivity contribution in [2.24, 2.45) is 0 Å². The van der Waals surface area contributed by atoms with Crippen LogP contribution in [0.5, 0.6) is 11.5 Å². The number of carboxylic acids is 1. The quantitative estimate of drug-likeness (QED) is 0.551. The number of hydrogen-bond donors (Lipinski definition) is 4. The molecule has 28 heavy (non-hydrogen) atoms. The van der Waals surface area contributed by atoms with Gasteiger partial charge in [-0.15, -0.1) is 0 Å². The summed E-state index contributed by atoms with van der Waals surface area (Å²) < 4.78 is 12.7. The number of carbonyl (C=O) groups is 2. The van der Waals surface area contributed by atoms with Crippen LogP contribution in [0.1, 0.15) is 26.3 Å². The lowest BCUT2D eigenvalue weighted by molar-refractivity contribution is 0.0693. The van der Waals surface area contributed by atoms with Crippen LogP contribution in [0.25, 0.3) is 0 Å². The van der Waals surface area contributed by atoms with Crippen molar-refractivity contribution in [1.29, 1.82) is 0 Å². The van der Waals surface area contributed by atoms with Crippen LogP contribution in [0.3, 0.4) is 0 Å². The number of aromatic carboxylic acids is 1. The van der Waals surface area contributed by atoms with Crippen molar-refractivity contribution in [2.45, 2.75) is 6.54 Å². The number of aromatic hydroxyl groups is 2. The van der Waals surface area contributed by atoms with Gasteiger partial charge in [-0.2, -0.15) is 0 Å². The fourth-order valence-electron chi connectivity index (χ4n) is 2.20. The Morgan fingerprint density at radius 3 is 1.75 bits per heavy atom. The van der Waals surface area contributed by atoms with Crippen molar-refractivity contribution >= 4 is 11.9 Å². The minimum Gasteiger partial charge on any atom is -0.507 e. The van der Waals surface area contributed by atoms with Gasteiger partial charge in [0.1, 0.15) is 22.9 Å². The molecule has 0 aliphatic rings. The molecule has 0 saturated heterocycles. The third-order valence-corrected chi connectivity index (χ3v) is 3.65. The first kappa shape index (κ1) is 20.4. The van der Waals surface area contributed by atoms with Crippen LogP contribution in [-0.2, 0) is 6.54 Å². The fraction of sp³-hybridized carbons (Fsp3) is 0.0476. The number of para-hydroxylation sites is 2. The zero-order valence-electron chi connectivity index (χ0n) is 14.7. The molecule has 0 aromatic heterocycles. The Morgan fingerprint density at radius 1 is 0.786 bits per heavy atom. The average molecular weight is 383 g/mol. The SMILES string of the molecule is O=C(NCc1ccc(F)cc1)c1ccccc1O.O=C(O)c1ccccc1O. The topological polar surface area (TPSA) is 107 Å². The zero-order valence-corrected chi connectivity index (χ0v) is 14.7. The Morgan fingerprint density at radius 2 is 1.29 bits per heavy atom. The van der Waals surface area contributed by atoms with Crippen molar-refractivity contribution in [3.63, 3.8) is 0 Å². The summed E-state index contributed by atoms with van der Waals surface area (Å²) in [6, 6.07) is 18.0. The van der Waals surface area contributed by atoms with E-state index in [4.69, 9.17) is 10.2 Å². The molecule has 3 aromatic carbocycles. The Balaban J connectivity index is 0.000000237. The van der Waals surface area contributed by atoms with E-state index >= 15 is 0 Å². The fourth-order valence-corrected chi connectivity index (χ4v) is 2.20. The smallest absolute Gasteiger partial charge is 0.339 e. The minimum atomic E-state index is -1.11. The number of rotatable bonds is 4. The summed E-state index contributed by atoms with van der Waals surface area (Å²) in [5, 5.41) is 29.5. The largest absolute Gasteiger partial charge is 0.507 e. The third kappa shape index (κ3) is 5.84. The van der Waals surface area contributed by atoms with Gasteiger partial charge in [0, 0.05) is 6.54 Å². The zero-order chi connectivity index (χ0) is 20.5. The van der Waals surface area contributed by atoms with E-state index in [2.05, 4.69) is 5.32 Å². The first-order chi connectivity index (χ1) is 13.4. The Kier molecular flexibility index (Phi) is 7.10. The van der Waals surface area contributed by atoms with Gasteiger partial charge in [0.15, 0.2) is 0 Å². The number of phenolic OH excluding ortho intramolecular Hbond substituents is 1. The van der Waals surface area contributed by atoms with E-state index in [1.165, 1.54) is 36.4 Å². The van der Waals surface area contributed by atoms with Crippen LogP contribution in [0.4, 0.5) is 4.39 Å². The number of carbonyl (C=O) groups excluding carboxylic acids is 1. The molecule has 0 radical (unpaired) electrons. The molecule has 1 amide bonds. The number of halogens is 1.